The minimum absolute atomic E-state index is 0.261. The second-order valence-corrected chi connectivity index (χ2v) is 5.35. The van der Waals surface area contributed by atoms with Crippen LogP contribution in [0.5, 0.6) is 5.75 Å². The molecule has 0 bridgehead atoms. The van der Waals surface area contributed by atoms with Crippen LogP contribution in [0.3, 0.4) is 0 Å². The summed E-state index contributed by atoms with van der Waals surface area (Å²) in [5.41, 5.74) is 12.7. The summed E-state index contributed by atoms with van der Waals surface area (Å²) < 4.78 is 5.59. The number of aryl methyl sites for hydroxylation is 3. The largest absolute Gasteiger partial charge is 0.496 e. The third-order valence-corrected chi connectivity index (χ3v) is 3.94. The van der Waals surface area contributed by atoms with Gasteiger partial charge in [0.1, 0.15) is 5.75 Å². The topological polar surface area (TPSA) is 61.0 Å². The molecule has 0 aliphatic rings. The quantitative estimate of drug-likeness (QED) is 0.938. The maximum Gasteiger partial charge on any atom is 0.127 e. The first-order valence-corrected chi connectivity index (χ1v) is 7.22. The lowest BCUT2D eigenvalue weighted by atomic mass is 9.93. The van der Waals surface area contributed by atoms with Gasteiger partial charge in [-0.1, -0.05) is 19.1 Å². The van der Waals surface area contributed by atoms with Gasteiger partial charge in [-0.2, -0.15) is 10.2 Å². The van der Waals surface area contributed by atoms with Gasteiger partial charge in [0.05, 0.1) is 24.5 Å². The van der Waals surface area contributed by atoms with Crippen molar-refractivity contribution in [2.75, 3.05) is 7.11 Å². The van der Waals surface area contributed by atoms with Crippen LogP contribution in [-0.2, 0) is 6.42 Å². The Morgan fingerprint density at radius 1 is 1.14 bits per heavy atom. The number of hydrogen-bond acceptors (Lipinski definition) is 4. The van der Waals surface area contributed by atoms with E-state index in [9.17, 15) is 0 Å². The van der Waals surface area contributed by atoms with Gasteiger partial charge in [-0.3, -0.25) is 0 Å². The van der Waals surface area contributed by atoms with E-state index in [-0.39, 0.29) is 6.04 Å². The van der Waals surface area contributed by atoms with Crippen molar-refractivity contribution in [1.82, 2.24) is 10.2 Å². The van der Waals surface area contributed by atoms with E-state index in [4.69, 9.17) is 10.5 Å². The zero-order valence-corrected chi connectivity index (χ0v) is 13.4. The molecule has 2 rings (SSSR count). The number of benzene rings is 1. The Kier molecular flexibility index (Phi) is 4.58. The average molecular weight is 285 g/mol. The van der Waals surface area contributed by atoms with E-state index in [0.29, 0.717) is 0 Å². The molecular weight excluding hydrogens is 262 g/mol. The zero-order chi connectivity index (χ0) is 15.6. The van der Waals surface area contributed by atoms with Crippen molar-refractivity contribution in [1.29, 1.82) is 0 Å². The molecular formula is C17H23N3O. The fourth-order valence-electron chi connectivity index (χ4n) is 2.57. The summed E-state index contributed by atoms with van der Waals surface area (Å²) in [6.07, 6.45) is 0.809. The Bertz CT molecular complexity index is 653. The lowest BCUT2D eigenvalue weighted by Crippen LogP contribution is -2.17. The monoisotopic (exact) mass is 285 g/mol. The molecule has 1 unspecified atom stereocenters. The summed E-state index contributed by atoms with van der Waals surface area (Å²) >= 11 is 0. The van der Waals surface area contributed by atoms with Crippen LogP contribution in [0.4, 0.5) is 0 Å². The lowest BCUT2D eigenvalue weighted by molar-refractivity contribution is 0.404. The number of nitrogens with two attached hydrogens (primary N) is 1. The van der Waals surface area contributed by atoms with E-state index < -0.39 is 0 Å². The third-order valence-electron chi connectivity index (χ3n) is 3.94. The highest BCUT2D eigenvalue weighted by atomic mass is 16.5. The molecule has 0 saturated carbocycles. The highest BCUT2D eigenvalue weighted by Gasteiger charge is 2.20. The predicted octanol–water partition coefficient (Wildman–Crippen LogP) is 3.02. The van der Waals surface area contributed by atoms with Crippen molar-refractivity contribution in [2.45, 2.75) is 40.2 Å². The van der Waals surface area contributed by atoms with Crippen LogP contribution in [0.15, 0.2) is 18.2 Å². The first kappa shape index (κ1) is 15.4. The Morgan fingerprint density at radius 3 is 2.48 bits per heavy atom. The molecule has 4 nitrogen and oxygen atoms in total. The molecule has 1 aromatic heterocycles. The molecule has 2 aromatic rings. The predicted molar refractivity (Wildman–Crippen MR) is 84.6 cm³/mol. The van der Waals surface area contributed by atoms with E-state index in [2.05, 4.69) is 37.0 Å². The molecule has 0 amide bonds. The number of ether oxygens (including phenoxy) is 1. The number of nitrogens with zero attached hydrogens (tertiary/aromatic N) is 2. The summed E-state index contributed by atoms with van der Waals surface area (Å²) in [5.74, 6) is 0.860. The van der Waals surface area contributed by atoms with Gasteiger partial charge in [0, 0.05) is 5.56 Å². The van der Waals surface area contributed by atoms with Gasteiger partial charge in [0.25, 0.3) is 0 Å². The summed E-state index contributed by atoms with van der Waals surface area (Å²) in [6, 6.07) is 5.88. The molecule has 0 fully saturated rings. The first-order valence-electron chi connectivity index (χ1n) is 7.22. The SMILES string of the molecule is CCc1nnc(C)cc1C(N)c1ccc(C)c(C)c1OC. The Balaban J connectivity index is 2.57. The second kappa shape index (κ2) is 6.22. The van der Waals surface area contributed by atoms with Crippen LogP contribution in [0.2, 0.25) is 0 Å². The molecule has 1 aromatic carbocycles. The van der Waals surface area contributed by atoms with Crippen molar-refractivity contribution < 1.29 is 4.74 Å². The molecule has 1 atom stereocenters. The van der Waals surface area contributed by atoms with Crippen LogP contribution in [-0.4, -0.2) is 17.3 Å². The molecule has 0 spiro atoms. The Hall–Kier alpha value is -1.94. The van der Waals surface area contributed by atoms with Gasteiger partial charge in [0.2, 0.25) is 0 Å². The van der Waals surface area contributed by atoms with Gasteiger partial charge in [0.15, 0.2) is 0 Å². The highest BCUT2D eigenvalue weighted by molar-refractivity contribution is 5.50. The standard InChI is InChI=1S/C17H23N3O/c1-6-15-14(9-11(3)19-20-15)16(18)13-8-7-10(2)12(4)17(13)21-5/h7-9,16H,6,18H2,1-5H3. The first-order chi connectivity index (χ1) is 9.99. The summed E-state index contributed by atoms with van der Waals surface area (Å²) in [6.45, 7) is 8.12. The normalized spacial score (nSPS) is 12.3. The summed E-state index contributed by atoms with van der Waals surface area (Å²) in [7, 11) is 1.69. The molecule has 0 saturated heterocycles. The number of aromatic nitrogens is 2. The van der Waals surface area contributed by atoms with Crippen LogP contribution in [0, 0.1) is 20.8 Å². The van der Waals surface area contributed by atoms with Gasteiger partial charge in [-0.15, -0.1) is 0 Å². The highest BCUT2D eigenvalue weighted by Crippen LogP contribution is 2.33. The fourth-order valence-corrected chi connectivity index (χ4v) is 2.57. The van der Waals surface area contributed by atoms with Crippen molar-refractivity contribution in [3.8, 4) is 5.75 Å². The second-order valence-electron chi connectivity index (χ2n) is 5.35. The lowest BCUT2D eigenvalue weighted by Gasteiger charge is -2.20. The van der Waals surface area contributed by atoms with Gasteiger partial charge < -0.3 is 10.5 Å². The minimum atomic E-state index is -0.261. The number of rotatable bonds is 4. The van der Waals surface area contributed by atoms with Gasteiger partial charge >= 0.3 is 0 Å². The number of hydrogen-bond donors (Lipinski definition) is 1. The van der Waals surface area contributed by atoms with Crippen molar-refractivity contribution in [2.24, 2.45) is 5.73 Å². The van der Waals surface area contributed by atoms with Crippen LogP contribution in [0.1, 0.15) is 46.6 Å². The van der Waals surface area contributed by atoms with E-state index in [0.717, 1.165) is 40.2 Å². The van der Waals surface area contributed by atoms with E-state index >= 15 is 0 Å². The van der Waals surface area contributed by atoms with Gasteiger partial charge in [-0.25, -0.2) is 0 Å². The molecule has 21 heavy (non-hydrogen) atoms. The molecule has 0 radical (unpaired) electrons. The third kappa shape index (κ3) is 2.90. The van der Waals surface area contributed by atoms with Crippen molar-refractivity contribution >= 4 is 0 Å². The Morgan fingerprint density at radius 2 is 1.86 bits per heavy atom. The average Bonchev–Trinajstić information content (AvgIpc) is 2.49. The summed E-state index contributed by atoms with van der Waals surface area (Å²) in [4.78, 5) is 0. The van der Waals surface area contributed by atoms with E-state index in [1.807, 2.05) is 19.1 Å². The van der Waals surface area contributed by atoms with Gasteiger partial charge in [-0.05, 0) is 49.9 Å². The molecule has 112 valence electrons. The zero-order valence-electron chi connectivity index (χ0n) is 13.4. The van der Waals surface area contributed by atoms with Crippen LogP contribution >= 0.6 is 0 Å². The molecule has 4 heteroatoms. The minimum Gasteiger partial charge on any atom is -0.496 e. The molecule has 1 heterocycles. The van der Waals surface area contributed by atoms with E-state index in [1.54, 1.807) is 7.11 Å². The van der Waals surface area contributed by atoms with Crippen molar-refractivity contribution in [3.63, 3.8) is 0 Å². The van der Waals surface area contributed by atoms with E-state index in [1.165, 1.54) is 5.56 Å². The maximum absolute atomic E-state index is 6.51. The maximum atomic E-state index is 6.51. The number of methoxy groups -OCH3 is 1. The molecule has 2 N–H and O–H groups in total. The fraction of sp³-hybridized carbons (Fsp3) is 0.412. The smallest absolute Gasteiger partial charge is 0.127 e. The Labute approximate surface area is 126 Å². The van der Waals surface area contributed by atoms with Crippen molar-refractivity contribution in [3.05, 3.63) is 51.8 Å². The van der Waals surface area contributed by atoms with Crippen LogP contribution in [0.25, 0.3) is 0 Å². The molecule has 0 aliphatic carbocycles. The molecule has 0 aliphatic heterocycles. The van der Waals surface area contributed by atoms with Crippen LogP contribution < -0.4 is 10.5 Å². The summed E-state index contributed by atoms with van der Waals surface area (Å²) in [5, 5.41) is 8.39.